The van der Waals surface area contributed by atoms with Crippen molar-refractivity contribution < 1.29 is 18.9 Å². The first kappa shape index (κ1) is 19.5. The number of hydrogen-bond donors (Lipinski definition) is 0. The van der Waals surface area contributed by atoms with Crippen molar-refractivity contribution in [2.24, 2.45) is 0 Å². The lowest BCUT2D eigenvalue weighted by Gasteiger charge is -2.28. The lowest BCUT2D eigenvalue weighted by atomic mass is 10.2. The first-order valence-corrected chi connectivity index (χ1v) is 10.1. The summed E-state index contributed by atoms with van der Waals surface area (Å²) in [6, 6.07) is 8.45. The molecule has 0 N–H and O–H groups in total. The van der Waals surface area contributed by atoms with E-state index in [1.165, 1.54) is 28.4 Å². The Morgan fingerprint density at radius 2 is 2.10 bits per heavy atom. The molecule has 0 atom stereocenters. The van der Waals surface area contributed by atoms with Gasteiger partial charge in [0.15, 0.2) is 10.9 Å². The molecule has 1 aromatic carbocycles. The highest BCUT2D eigenvalue weighted by Gasteiger charge is 2.27. The quantitative estimate of drug-likeness (QED) is 0.449. The van der Waals surface area contributed by atoms with Gasteiger partial charge in [-0.2, -0.15) is 0 Å². The number of amides is 1. The molecule has 3 heterocycles. The van der Waals surface area contributed by atoms with E-state index in [1.807, 2.05) is 25.1 Å². The highest BCUT2D eigenvalue weighted by molar-refractivity contribution is 7.22. The predicted molar refractivity (Wildman–Crippen MR) is 109 cm³/mol. The normalized spacial score (nSPS) is 14.9. The van der Waals surface area contributed by atoms with Crippen LogP contribution in [0.4, 0.5) is 11.0 Å². The number of hydrogen-bond acceptors (Lipinski definition) is 8. The maximum Gasteiger partial charge on any atom is 0.433 e. The van der Waals surface area contributed by atoms with Gasteiger partial charge in [-0.05, 0) is 30.7 Å². The maximum atomic E-state index is 13.1. The highest BCUT2D eigenvalue weighted by atomic mass is 32.1. The van der Waals surface area contributed by atoms with Gasteiger partial charge in [0.2, 0.25) is 0 Å². The third-order valence-corrected chi connectivity index (χ3v) is 5.78. The lowest BCUT2D eigenvalue weighted by Crippen LogP contribution is -2.43. The largest absolute Gasteiger partial charge is 0.433 e. The molecule has 1 aliphatic heterocycles. The van der Waals surface area contributed by atoms with E-state index in [9.17, 15) is 14.9 Å². The fraction of sp³-hybridized carbons (Fsp3) is 0.368. The van der Waals surface area contributed by atoms with Crippen LogP contribution in [0.2, 0.25) is 0 Å². The standard InChI is InChI=1S/C19H20N4O5S/c1-13-2-3-14-16(12-13)29-19(20-14)22(7-6-21-8-10-27-11-9-21)18(24)15-4-5-17(28-15)23(25)26/h2-5,12H,6-11H2,1H3. The molecule has 4 rings (SSSR count). The monoisotopic (exact) mass is 416 g/mol. The molecule has 10 heteroatoms. The second kappa shape index (κ2) is 8.27. The van der Waals surface area contributed by atoms with Crippen LogP contribution >= 0.6 is 11.3 Å². The van der Waals surface area contributed by atoms with Gasteiger partial charge in [-0.15, -0.1) is 0 Å². The molecule has 0 saturated carbocycles. The number of aryl methyl sites for hydroxylation is 1. The van der Waals surface area contributed by atoms with Crippen molar-refractivity contribution in [2.45, 2.75) is 6.92 Å². The minimum absolute atomic E-state index is 0.0749. The number of nitrogens with zero attached hydrogens (tertiary/aromatic N) is 4. The topological polar surface area (TPSA) is 102 Å². The summed E-state index contributed by atoms with van der Waals surface area (Å²) in [7, 11) is 0. The van der Waals surface area contributed by atoms with E-state index in [4.69, 9.17) is 9.15 Å². The number of nitro groups is 1. The molecule has 9 nitrogen and oxygen atoms in total. The van der Waals surface area contributed by atoms with Crippen molar-refractivity contribution in [3.63, 3.8) is 0 Å². The Balaban J connectivity index is 1.62. The molecule has 1 fully saturated rings. The van der Waals surface area contributed by atoms with Gasteiger partial charge in [0.05, 0.1) is 29.5 Å². The fourth-order valence-corrected chi connectivity index (χ4v) is 4.25. The molecule has 1 amide bonds. The van der Waals surface area contributed by atoms with Crippen molar-refractivity contribution >= 4 is 38.5 Å². The van der Waals surface area contributed by atoms with Gasteiger partial charge in [0.1, 0.15) is 4.92 Å². The summed E-state index contributed by atoms with van der Waals surface area (Å²) in [6.07, 6.45) is 0. The van der Waals surface area contributed by atoms with Gasteiger partial charge < -0.3 is 9.15 Å². The van der Waals surface area contributed by atoms with Crippen LogP contribution in [0.25, 0.3) is 10.2 Å². The molecule has 1 aliphatic rings. The first-order valence-electron chi connectivity index (χ1n) is 9.24. The number of ether oxygens (including phenoxy) is 1. The predicted octanol–water partition coefficient (Wildman–Crippen LogP) is 3.08. The zero-order valence-corrected chi connectivity index (χ0v) is 16.7. The smallest absolute Gasteiger partial charge is 0.395 e. The summed E-state index contributed by atoms with van der Waals surface area (Å²) >= 11 is 1.42. The van der Waals surface area contributed by atoms with Gasteiger partial charge in [0.25, 0.3) is 5.91 Å². The second-order valence-electron chi connectivity index (χ2n) is 6.77. The Morgan fingerprint density at radius 3 is 2.83 bits per heavy atom. The van der Waals surface area contributed by atoms with Gasteiger partial charge in [-0.25, -0.2) is 4.98 Å². The van der Waals surface area contributed by atoms with Gasteiger partial charge >= 0.3 is 5.88 Å². The molecule has 0 unspecified atom stereocenters. The molecular weight excluding hydrogens is 396 g/mol. The van der Waals surface area contributed by atoms with Crippen LogP contribution in [0.3, 0.4) is 0 Å². The summed E-state index contributed by atoms with van der Waals surface area (Å²) in [5.74, 6) is -0.974. The van der Waals surface area contributed by atoms with Crippen LogP contribution < -0.4 is 4.90 Å². The SMILES string of the molecule is Cc1ccc2nc(N(CCN3CCOCC3)C(=O)c3ccc([N+](=O)[O-])o3)sc2c1. The number of rotatable bonds is 6. The molecular formula is C19H20N4O5S. The Bertz CT molecular complexity index is 1040. The third kappa shape index (κ3) is 4.29. The minimum atomic E-state index is -0.657. The summed E-state index contributed by atoms with van der Waals surface area (Å²) in [6.45, 7) is 5.97. The zero-order valence-electron chi connectivity index (χ0n) is 15.9. The third-order valence-electron chi connectivity index (χ3n) is 4.73. The minimum Gasteiger partial charge on any atom is -0.395 e. The van der Waals surface area contributed by atoms with Crippen molar-refractivity contribution in [1.82, 2.24) is 9.88 Å². The number of aromatic nitrogens is 1. The summed E-state index contributed by atoms with van der Waals surface area (Å²) < 4.78 is 11.5. The number of carbonyl (C=O) groups excluding carboxylic acids is 1. The molecule has 0 spiro atoms. The molecule has 1 saturated heterocycles. The molecule has 152 valence electrons. The highest BCUT2D eigenvalue weighted by Crippen LogP contribution is 2.31. The van der Waals surface area contributed by atoms with Crippen LogP contribution in [-0.2, 0) is 4.74 Å². The number of furan rings is 1. The van der Waals surface area contributed by atoms with E-state index in [0.29, 0.717) is 31.4 Å². The Labute approximate surface area is 170 Å². The number of fused-ring (bicyclic) bond motifs is 1. The molecule has 0 bridgehead atoms. The first-order chi connectivity index (χ1) is 14.0. The van der Waals surface area contributed by atoms with Gasteiger partial charge in [0, 0.05) is 26.2 Å². The second-order valence-corrected chi connectivity index (χ2v) is 7.78. The van der Waals surface area contributed by atoms with Crippen LogP contribution in [-0.4, -0.2) is 60.1 Å². The average molecular weight is 416 g/mol. The van der Waals surface area contributed by atoms with Crippen molar-refractivity contribution in [3.8, 4) is 0 Å². The zero-order chi connectivity index (χ0) is 20.4. The van der Waals surface area contributed by atoms with Crippen LogP contribution in [0.5, 0.6) is 0 Å². The number of anilines is 1. The maximum absolute atomic E-state index is 13.1. The van der Waals surface area contributed by atoms with E-state index in [1.54, 1.807) is 0 Å². The summed E-state index contributed by atoms with van der Waals surface area (Å²) in [5, 5.41) is 11.5. The van der Waals surface area contributed by atoms with Crippen LogP contribution in [0, 0.1) is 17.0 Å². The Morgan fingerprint density at radius 1 is 1.31 bits per heavy atom. The molecule has 29 heavy (non-hydrogen) atoms. The average Bonchev–Trinajstić information content (AvgIpc) is 3.36. The molecule has 2 aromatic heterocycles. The van der Waals surface area contributed by atoms with E-state index in [-0.39, 0.29) is 5.76 Å². The van der Waals surface area contributed by atoms with E-state index < -0.39 is 16.7 Å². The van der Waals surface area contributed by atoms with Crippen molar-refractivity contribution in [3.05, 3.63) is 51.8 Å². The van der Waals surface area contributed by atoms with Crippen LogP contribution in [0.1, 0.15) is 16.1 Å². The van der Waals surface area contributed by atoms with Crippen LogP contribution in [0.15, 0.2) is 34.7 Å². The van der Waals surface area contributed by atoms with E-state index >= 15 is 0 Å². The van der Waals surface area contributed by atoms with E-state index in [2.05, 4.69) is 9.88 Å². The lowest BCUT2D eigenvalue weighted by molar-refractivity contribution is -0.402. The molecule has 0 radical (unpaired) electrons. The Hall–Kier alpha value is -2.82. The fourth-order valence-electron chi connectivity index (χ4n) is 3.16. The molecule has 3 aromatic rings. The van der Waals surface area contributed by atoms with Gasteiger partial charge in [-0.1, -0.05) is 17.4 Å². The van der Waals surface area contributed by atoms with Crippen molar-refractivity contribution in [1.29, 1.82) is 0 Å². The van der Waals surface area contributed by atoms with Gasteiger partial charge in [-0.3, -0.25) is 24.7 Å². The number of morpholine rings is 1. The number of thiazole rings is 1. The number of benzene rings is 1. The summed E-state index contributed by atoms with van der Waals surface area (Å²) in [5.41, 5.74) is 1.92. The number of carbonyl (C=O) groups is 1. The van der Waals surface area contributed by atoms with E-state index in [0.717, 1.165) is 28.9 Å². The Kier molecular flexibility index (Phi) is 5.56. The molecule has 0 aliphatic carbocycles. The summed E-state index contributed by atoms with van der Waals surface area (Å²) in [4.78, 5) is 31.8. The van der Waals surface area contributed by atoms with Crippen molar-refractivity contribution in [2.75, 3.05) is 44.3 Å².